The molecular weight excluding hydrogens is 339 g/mol. The highest BCUT2D eigenvalue weighted by Gasteiger charge is 2.16. The number of benzene rings is 2. The van der Waals surface area contributed by atoms with Gasteiger partial charge in [-0.05, 0) is 49.4 Å². The third-order valence-electron chi connectivity index (χ3n) is 2.93. The summed E-state index contributed by atoms with van der Waals surface area (Å²) < 4.78 is 35.5. The molecule has 0 aromatic heterocycles. The highest BCUT2D eigenvalue weighted by Crippen LogP contribution is 2.24. The molecule has 5 nitrogen and oxygen atoms in total. The number of hydrogen-bond acceptors (Lipinski definition) is 4. The lowest BCUT2D eigenvalue weighted by molar-refractivity contribution is -0.115. The van der Waals surface area contributed by atoms with Crippen LogP contribution < -0.4 is 10.5 Å². The van der Waals surface area contributed by atoms with Crippen LogP contribution in [-0.4, -0.2) is 19.6 Å². The van der Waals surface area contributed by atoms with Gasteiger partial charge < -0.3 is 5.32 Å². The van der Waals surface area contributed by atoms with Crippen molar-refractivity contribution in [2.24, 2.45) is 5.14 Å². The van der Waals surface area contributed by atoms with Crippen LogP contribution in [0.3, 0.4) is 0 Å². The zero-order chi connectivity index (χ0) is 17.0. The molecule has 0 radical (unpaired) electrons. The Kier molecular flexibility index (Phi) is 5.40. The number of rotatable bonds is 5. The minimum atomic E-state index is -3.83. The summed E-state index contributed by atoms with van der Waals surface area (Å²) in [5.74, 6) is -0.642. The normalized spacial score (nSPS) is 12.7. The molecule has 1 unspecified atom stereocenters. The minimum absolute atomic E-state index is 0.0749. The van der Waals surface area contributed by atoms with E-state index in [-0.39, 0.29) is 16.6 Å². The monoisotopic (exact) mass is 354 g/mol. The van der Waals surface area contributed by atoms with E-state index in [1.807, 2.05) is 0 Å². The van der Waals surface area contributed by atoms with Crippen LogP contribution in [0.15, 0.2) is 58.3 Å². The molecule has 0 heterocycles. The molecule has 0 aliphatic heterocycles. The molecule has 1 amide bonds. The fourth-order valence-electron chi connectivity index (χ4n) is 1.77. The standard InChI is InChI=1S/C15H15FN2O3S2/c1-10(22-13-7-5-11(16)6-8-13)15(19)18-12-3-2-4-14(9-12)23(17,20)21/h2-10H,1H3,(H,18,19)(H2,17,20,21). The fourth-order valence-corrected chi connectivity index (χ4v) is 3.19. The van der Waals surface area contributed by atoms with Crippen molar-refractivity contribution in [2.45, 2.75) is 22.0 Å². The van der Waals surface area contributed by atoms with Crippen molar-refractivity contribution in [2.75, 3.05) is 5.32 Å². The molecule has 23 heavy (non-hydrogen) atoms. The van der Waals surface area contributed by atoms with Gasteiger partial charge in [-0.2, -0.15) is 0 Å². The van der Waals surface area contributed by atoms with Crippen LogP contribution in [0, 0.1) is 5.82 Å². The van der Waals surface area contributed by atoms with Crippen molar-refractivity contribution < 1.29 is 17.6 Å². The lowest BCUT2D eigenvalue weighted by Gasteiger charge is -2.12. The quantitative estimate of drug-likeness (QED) is 0.808. The summed E-state index contributed by atoms with van der Waals surface area (Å²) in [5.41, 5.74) is 0.341. The maximum atomic E-state index is 12.9. The highest BCUT2D eigenvalue weighted by molar-refractivity contribution is 8.00. The summed E-state index contributed by atoms with van der Waals surface area (Å²) in [4.78, 5) is 12.8. The van der Waals surface area contributed by atoms with Crippen LogP contribution in [0.4, 0.5) is 10.1 Å². The van der Waals surface area contributed by atoms with Gasteiger partial charge >= 0.3 is 0 Å². The summed E-state index contributed by atoms with van der Waals surface area (Å²) in [5, 5.41) is 7.24. The number of halogens is 1. The van der Waals surface area contributed by atoms with Gasteiger partial charge in [0, 0.05) is 10.6 Å². The third-order valence-corrected chi connectivity index (χ3v) is 4.95. The molecule has 0 saturated carbocycles. The van der Waals surface area contributed by atoms with Crippen LogP contribution >= 0.6 is 11.8 Å². The molecule has 0 spiro atoms. The van der Waals surface area contributed by atoms with Crippen molar-refractivity contribution in [1.82, 2.24) is 0 Å². The van der Waals surface area contributed by atoms with Crippen molar-refractivity contribution in [3.63, 3.8) is 0 Å². The molecule has 0 aliphatic carbocycles. The summed E-state index contributed by atoms with van der Waals surface area (Å²) in [6.45, 7) is 1.70. The van der Waals surface area contributed by atoms with E-state index in [1.165, 1.54) is 42.1 Å². The Morgan fingerprint density at radius 2 is 1.87 bits per heavy atom. The van der Waals surface area contributed by atoms with E-state index < -0.39 is 15.3 Å². The van der Waals surface area contributed by atoms with Crippen LogP contribution in [-0.2, 0) is 14.8 Å². The lowest BCUT2D eigenvalue weighted by Crippen LogP contribution is -2.22. The topological polar surface area (TPSA) is 89.3 Å². The number of carbonyl (C=O) groups excluding carboxylic acids is 1. The second-order valence-electron chi connectivity index (χ2n) is 4.78. The lowest BCUT2D eigenvalue weighted by atomic mass is 10.3. The zero-order valence-corrected chi connectivity index (χ0v) is 13.8. The Bertz CT molecular complexity index is 808. The molecule has 0 saturated heterocycles. The Morgan fingerprint density at radius 3 is 2.48 bits per heavy atom. The van der Waals surface area contributed by atoms with E-state index in [4.69, 9.17) is 5.14 Å². The first-order chi connectivity index (χ1) is 10.8. The molecule has 0 bridgehead atoms. The average molecular weight is 354 g/mol. The Labute approximate surface area is 138 Å². The third kappa shape index (κ3) is 5.05. The molecule has 0 aliphatic rings. The van der Waals surface area contributed by atoms with Gasteiger partial charge in [-0.3, -0.25) is 4.79 Å². The summed E-state index contributed by atoms with van der Waals surface area (Å²) in [6.07, 6.45) is 0. The first kappa shape index (κ1) is 17.5. The van der Waals surface area contributed by atoms with Gasteiger partial charge in [-0.25, -0.2) is 17.9 Å². The van der Waals surface area contributed by atoms with Crippen LogP contribution in [0.5, 0.6) is 0 Å². The molecule has 122 valence electrons. The van der Waals surface area contributed by atoms with Gasteiger partial charge in [0.15, 0.2) is 0 Å². The van der Waals surface area contributed by atoms with Gasteiger partial charge in [-0.15, -0.1) is 11.8 Å². The molecule has 3 N–H and O–H groups in total. The summed E-state index contributed by atoms with van der Waals surface area (Å²) in [7, 11) is -3.83. The summed E-state index contributed by atoms with van der Waals surface area (Å²) in [6, 6.07) is 11.5. The number of carbonyl (C=O) groups is 1. The van der Waals surface area contributed by atoms with Gasteiger partial charge in [0.05, 0.1) is 10.1 Å². The minimum Gasteiger partial charge on any atom is -0.325 e. The van der Waals surface area contributed by atoms with E-state index in [1.54, 1.807) is 25.1 Å². The average Bonchev–Trinajstić information content (AvgIpc) is 2.49. The van der Waals surface area contributed by atoms with Gasteiger partial charge in [-0.1, -0.05) is 6.07 Å². The van der Waals surface area contributed by atoms with Gasteiger partial charge in [0.1, 0.15) is 5.82 Å². The Hall–Kier alpha value is -1.90. The highest BCUT2D eigenvalue weighted by atomic mass is 32.2. The SMILES string of the molecule is CC(Sc1ccc(F)cc1)C(=O)Nc1cccc(S(N)(=O)=O)c1. The first-order valence-corrected chi connectivity index (χ1v) is 9.04. The fraction of sp³-hybridized carbons (Fsp3) is 0.133. The molecule has 1 atom stereocenters. The number of thioether (sulfide) groups is 1. The molecule has 0 fully saturated rings. The second kappa shape index (κ2) is 7.12. The Balaban J connectivity index is 2.05. The van der Waals surface area contributed by atoms with Crippen molar-refractivity contribution in [3.8, 4) is 0 Å². The Morgan fingerprint density at radius 1 is 1.22 bits per heavy atom. The largest absolute Gasteiger partial charge is 0.325 e. The van der Waals surface area contributed by atoms with E-state index in [9.17, 15) is 17.6 Å². The predicted molar refractivity (Wildman–Crippen MR) is 88.2 cm³/mol. The molecule has 8 heteroatoms. The van der Waals surface area contributed by atoms with Crippen LogP contribution in [0.1, 0.15) is 6.92 Å². The predicted octanol–water partition coefficient (Wildman–Crippen LogP) is 2.59. The van der Waals surface area contributed by atoms with E-state index in [0.29, 0.717) is 5.69 Å². The van der Waals surface area contributed by atoms with E-state index in [0.717, 1.165) is 4.90 Å². The number of primary sulfonamides is 1. The number of amides is 1. The molecule has 2 aromatic rings. The first-order valence-electron chi connectivity index (χ1n) is 6.61. The van der Waals surface area contributed by atoms with E-state index in [2.05, 4.69) is 5.32 Å². The number of hydrogen-bond donors (Lipinski definition) is 2. The smallest absolute Gasteiger partial charge is 0.238 e. The second-order valence-corrected chi connectivity index (χ2v) is 7.75. The van der Waals surface area contributed by atoms with Crippen LogP contribution in [0.25, 0.3) is 0 Å². The van der Waals surface area contributed by atoms with Crippen molar-refractivity contribution in [3.05, 3.63) is 54.3 Å². The molecule has 2 rings (SSSR count). The number of sulfonamides is 1. The number of anilines is 1. The van der Waals surface area contributed by atoms with Gasteiger partial charge in [0.2, 0.25) is 15.9 Å². The van der Waals surface area contributed by atoms with Gasteiger partial charge in [0.25, 0.3) is 0 Å². The number of nitrogens with one attached hydrogen (secondary N) is 1. The maximum absolute atomic E-state index is 12.9. The van der Waals surface area contributed by atoms with E-state index >= 15 is 0 Å². The maximum Gasteiger partial charge on any atom is 0.238 e. The summed E-state index contributed by atoms with van der Waals surface area (Å²) >= 11 is 1.27. The van der Waals surface area contributed by atoms with Crippen molar-refractivity contribution >= 4 is 33.4 Å². The van der Waals surface area contributed by atoms with Crippen molar-refractivity contribution in [1.29, 1.82) is 0 Å². The molecule has 2 aromatic carbocycles. The number of nitrogens with two attached hydrogens (primary N) is 1. The van der Waals surface area contributed by atoms with Crippen LogP contribution in [0.2, 0.25) is 0 Å². The zero-order valence-electron chi connectivity index (χ0n) is 12.2. The molecular formula is C15H15FN2O3S2.